The minimum absolute atomic E-state index is 0.245. The molecule has 0 heterocycles. The lowest BCUT2D eigenvalue weighted by atomic mass is 10.1. The zero-order valence-electron chi connectivity index (χ0n) is 11.3. The largest absolute Gasteiger partial charge is 0.299 e. The maximum Gasteiger partial charge on any atom is 0.0813 e. The number of hydrogen-bond acceptors (Lipinski definition) is 2. The van der Waals surface area contributed by atoms with E-state index in [1.54, 1.807) is 7.05 Å². The number of nitrogens with zero attached hydrogens (tertiary/aromatic N) is 2. The molecule has 0 aliphatic carbocycles. The molecule has 0 saturated carbocycles. The van der Waals surface area contributed by atoms with Crippen LogP contribution < -0.4 is 0 Å². The second kappa shape index (κ2) is 12.4. The molecule has 0 N–H and O–H groups in total. The Labute approximate surface area is 101 Å². The Kier molecular flexibility index (Phi) is 11.9. The van der Waals surface area contributed by atoms with Crippen LogP contribution in [0.5, 0.6) is 0 Å². The van der Waals surface area contributed by atoms with E-state index in [0.29, 0.717) is 0 Å². The molecule has 16 heavy (non-hydrogen) atoms. The maximum atomic E-state index is 4.39. The van der Waals surface area contributed by atoms with Gasteiger partial charge in [0.25, 0.3) is 0 Å². The topological polar surface area (TPSA) is 24.7 Å². The molecule has 0 radical (unpaired) electrons. The second-order valence-electron chi connectivity index (χ2n) is 4.39. The molecule has 0 aliphatic rings. The highest BCUT2D eigenvalue weighted by Crippen LogP contribution is 2.07. The van der Waals surface area contributed by atoms with Crippen molar-refractivity contribution in [2.45, 2.75) is 71.3 Å². The molecule has 2 heteroatoms. The van der Waals surface area contributed by atoms with E-state index < -0.39 is 0 Å². The van der Waals surface area contributed by atoms with Gasteiger partial charge in [-0.25, -0.2) is 0 Å². The van der Waals surface area contributed by atoms with Gasteiger partial charge in [-0.05, 0) is 26.0 Å². The van der Waals surface area contributed by atoms with Crippen molar-refractivity contribution in [1.29, 1.82) is 0 Å². The lowest BCUT2D eigenvalue weighted by Gasteiger charge is -1.99. The SMILES string of the molecule is CCCCCCCCCC=NC(C)C=NC. The smallest absolute Gasteiger partial charge is 0.0813 e. The van der Waals surface area contributed by atoms with Crippen molar-refractivity contribution in [3.63, 3.8) is 0 Å². The Bertz CT molecular complexity index is 185. The standard InChI is InChI=1S/C14H28N2/c1-4-5-6-7-8-9-10-11-12-16-14(2)13-15-3/h12-14H,4-11H2,1-3H3. The van der Waals surface area contributed by atoms with Gasteiger partial charge in [0.05, 0.1) is 6.04 Å². The van der Waals surface area contributed by atoms with E-state index in [0.717, 1.165) is 6.42 Å². The summed E-state index contributed by atoms with van der Waals surface area (Å²) < 4.78 is 0. The molecule has 0 spiro atoms. The highest BCUT2D eigenvalue weighted by molar-refractivity contribution is 5.68. The molecule has 0 aromatic heterocycles. The van der Waals surface area contributed by atoms with Crippen molar-refractivity contribution in [3.8, 4) is 0 Å². The zero-order chi connectivity index (χ0) is 12.1. The maximum absolute atomic E-state index is 4.39. The molecule has 0 amide bonds. The molecule has 0 aliphatic heterocycles. The second-order valence-corrected chi connectivity index (χ2v) is 4.39. The Morgan fingerprint density at radius 3 is 2.25 bits per heavy atom. The van der Waals surface area contributed by atoms with Gasteiger partial charge in [0, 0.05) is 13.3 Å². The average molecular weight is 224 g/mol. The normalized spacial score (nSPS) is 13.9. The molecule has 1 atom stereocenters. The third-order valence-corrected chi connectivity index (χ3v) is 2.64. The quantitative estimate of drug-likeness (QED) is 0.391. The molecule has 0 bridgehead atoms. The van der Waals surface area contributed by atoms with Crippen LogP contribution in [0, 0.1) is 0 Å². The van der Waals surface area contributed by atoms with Crippen molar-refractivity contribution >= 4 is 12.4 Å². The average Bonchev–Trinajstić information content (AvgIpc) is 2.27. The van der Waals surface area contributed by atoms with E-state index in [2.05, 4.69) is 30.0 Å². The fraction of sp³-hybridized carbons (Fsp3) is 0.857. The van der Waals surface area contributed by atoms with Crippen LogP contribution in [-0.2, 0) is 0 Å². The van der Waals surface area contributed by atoms with Crippen LogP contribution in [0.1, 0.15) is 65.2 Å². The first-order chi connectivity index (χ1) is 7.81. The van der Waals surface area contributed by atoms with Gasteiger partial charge in [-0.2, -0.15) is 0 Å². The van der Waals surface area contributed by atoms with Gasteiger partial charge >= 0.3 is 0 Å². The van der Waals surface area contributed by atoms with Crippen LogP contribution in [0.25, 0.3) is 0 Å². The van der Waals surface area contributed by atoms with Crippen LogP contribution in [0.4, 0.5) is 0 Å². The third kappa shape index (κ3) is 11.4. The molecule has 0 fully saturated rings. The number of unbranched alkanes of at least 4 members (excludes halogenated alkanes) is 7. The molecule has 94 valence electrons. The van der Waals surface area contributed by atoms with Crippen LogP contribution in [-0.4, -0.2) is 25.5 Å². The van der Waals surface area contributed by atoms with Crippen molar-refractivity contribution in [2.24, 2.45) is 9.98 Å². The Balaban J connectivity index is 3.20. The van der Waals surface area contributed by atoms with E-state index in [-0.39, 0.29) is 6.04 Å². The minimum Gasteiger partial charge on any atom is -0.299 e. The summed E-state index contributed by atoms with van der Waals surface area (Å²) in [5, 5.41) is 0. The van der Waals surface area contributed by atoms with Crippen LogP contribution >= 0.6 is 0 Å². The fourth-order valence-electron chi connectivity index (χ4n) is 1.69. The van der Waals surface area contributed by atoms with Gasteiger partial charge in [0.15, 0.2) is 0 Å². The minimum atomic E-state index is 0.245. The number of rotatable bonds is 10. The first kappa shape index (κ1) is 15.3. The third-order valence-electron chi connectivity index (χ3n) is 2.64. The predicted octanol–water partition coefficient (Wildman–Crippen LogP) is 4.29. The van der Waals surface area contributed by atoms with Crippen LogP contribution in [0.3, 0.4) is 0 Å². The summed E-state index contributed by atoms with van der Waals surface area (Å²) in [6, 6.07) is 0.245. The van der Waals surface area contributed by atoms with Gasteiger partial charge in [-0.15, -0.1) is 0 Å². The summed E-state index contributed by atoms with van der Waals surface area (Å²) in [6.45, 7) is 4.32. The van der Waals surface area contributed by atoms with E-state index in [4.69, 9.17) is 0 Å². The van der Waals surface area contributed by atoms with Gasteiger partial charge in [0.1, 0.15) is 0 Å². The number of hydrogen-bond donors (Lipinski definition) is 0. The molecule has 0 aromatic rings. The predicted molar refractivity (Wildman–Crippen MR) is 75.0 cm³/mol. The van der Waals surface area contributed by atoms with Crippen molar-refractivity contribution < 1.29 is 0 Å². The fourth-order valence-corrected chi connectivity index (χ4v) is 1.69. The lowest BCUT2D eigenvalue weighted by molar-refractivity contribution is 0.596. The van der Waals surface area contributed by atoms with Gasteiger partial charge < -0.3 is 0 Å². The lowest BCUT2D eigenvalue weighted by Crippen LogP contribution is -1.99. The molecule has 2 nitrogen and oxygen atoms in total. The molecule has 0 aromatic carbocycles. The molecule has 0 rings (SSSR count). The van der Waals surface area contributed by atoms with E-state index in [1.165, 1.54) is 44.9 Å². The summed E-state index contributed by atoms with van der Waals surface area (Å²) in [5.74, 6) is 0. The summed E-state index contributed by atoms with van der Waals surface area (Å²) in [5.41, 5.74) is 0. The summed E-state index contributed by atoms with van der Waals surface area (Å²) >= 11 is 0. The summed E-state index contributed by atoms with van der Waals surface area (Å²) in [4.78, 5) is 8.34. The molecule has 1 unspecified atom stereocenters. The first-order valence-electron chi connectivity index (χ1n) is 6.75. The van der Waals surface area contributed by atoms with Crippen molar-refractivity contribution in [1.82, 2.24) is 0 Å². The monoisotopic (exact) mass is 224 g/mol. The molecule has 0 saturated heterocycles. The Morgan fingerprint density at radius 1 is 1.00 bits per heavy atom. The highest BCUT2D eigenvalue weighted by Gasteiger charge is 1.91. The number of aliphatic imine (C=N–C) groups is 2. The van der Waals surface area contributed by atoms with E-state index >= 15 is 0 Å². The van der Waals surface area contributed by atoms with Gasteiger partial charge in [-0.3, -0.25) is 9.98 Å². The van der Waals surface area contributed by atoms with E-state index in [9.17, 15) is 0 Å². The van der Waals surface area contributed by atoms with Gasteiger partial charge in [0.2, 0.25) is 0 Å². The molecular weight excluding hydrogens is 196 g/mol. The summed E-state index contributed by atoms with van der Waals surface area (Å²) in [6.07, 6.45) is 14.6. The molecular formula is C14H28N2. The van der Waals surface area contributed by atoms with Crippen molar-refractivity contribution in [3.05, 3.63) is 0 Å². The van der Waals surface area contributed by atoms with E-state index in [1.807, 2.05) is 6.21 Å². The first-order valence-corrected chi connectivity index (χ1v) is 6.75. The zero-order valence-corrected chi connectivity index (χ0v) is 11.3. The Morgan fingerprint density at radius 2 is 1.62 bits per heavy atom. The van der Waals surface area contributed by atoms with Crippen molar-refractivity contribution in [2.75, 3.05) is 7.05 Å². The van der Waals surface area contributed by atoms with Crippen LogP contribution in [0.2, 0.25) is 0 Å². The van der Waals surface area contributed by atoms with Gasteiger partial charge in [-0.1, -0.05) is 45.4 Å². The summed E-state index contributed by atoms with van der Waals surface area (Å²) in [7, 11) is 1.79. The van der Waals surface area contributed by atoms with Crippen LogP contribution in [0.15, 0.2) is 9.98 Å². The highest BCUT2D eigenvalue weighted by atomic mass is 14.8. The Hall–Kier alpha value is -0.660.